The van der Waals surface area contributed by atoms with E-state index in [0.717, 1.165) is 25.0 Å². The Kier molecular flexibility index (Phi) is 13.0. The Morgan fingerprint density at radius 1 is 1.00 bits per heavy atom. The molecular weight excluding hydrogens is 407 g/mol. The molecule has 0 saturated heterocycles. The molecule has 1 N–H and O–H groups in total. The van der Waals surface area contributed by atoms with Crippen LogP contribution in [0.1, 0.15) is 75.5 Å². The molecule has 7 nitrogen and oxygen atoms in total. The van der Waals surface area contributed by atoms with Crippen molar-refractivity contribution in [1.29, 1.82) is 0 Å². The Bertz CT molecular complexity index is 783. The molecule has 160 valence electrons. The van der Waals surface area contributed by atoms with Gasteiger partial charge in [-0.15, -0.1) is 0 Å². The summed E-state index contributed by atoms with van der Waals surface area (Å²) in [7, 11) is -4.73. The van der Waals surface area contributed by atoms with E-state index in [1.54, 1.807) is 0 Å². The van der Waals surface area contributed by atoms with Crippen LogP contribution < -0.4 is 29.6 Å². The van der Waals surface area contributed by atoms with E-state index >= 15 is 0 Å². The average molecular weight is 439 g/mol. The summed E-state index contributed by atoms with van der Waals surface area (Å²) in [6.45, 7) is 8.44. The summed E-state index contributed by atoms with van der Waals surface area (Å²) in [4.78, 5) is 23.7. The predicted octanol–water partition coefficient (Wildman–Crippen LogP) is 1.24. The topological polar surface area (TPSA) is 107 Å². The van der Waals surface area contributed by atoms with Crippen LogP contribution in [-0.4, -0.2) is 38.1 Å². The fraction of sp³-hybridized carbons (Fsp3) is 0.600. The SMILES string of the molecule is CCC(C)CCOC(=O)c1ccc(C(=O)OCCC(C)CC)c(S(=O)(=O)O)c1.[H-].[Na+]. The molecule has 0 bridgehead atoms. The van der Waals surface area contributed by atoms with Crippen LogP contribution in [0.5, 0.6) is 0 Å². The van der Waals surface area contributed by atoms with Gasteiger partial charge in [0.15, 0.2) is 0 Å². The number of rotatable bonds is 11. The first-order valence-electron chi connectivity index (χ1n) is 9.55. The number of carbonyl (C=O) groups excluding carboxylic acids is 2. The fourth-order valence-electron chi connectivity index (χ4n) is 2.31. The second-order valence-electron chi connectivity index (χ2n) is 7.06. The molecule has 1 aromatic carbocycles. The summed E-state index contributed by atoms with van der Waals surface area (Å²) in [6, 6.07) is 3.37. The summed E-state index contributed by atoms with van der Waals surface area (Å²) < 4.78 is 43.1. The smallest absolute Gasteiger partial charge is 1.00 e. The molecule has 29 heavy (non-hydrogen) atoms. The van der Waals surface area contributed by atoms with E-state index in [0.29, 0.717) is 24.7 Å². The first-order chi connectivity index (χ1) is 13.1. The molecule has 0 aliphatic heterocycles. The third kappa shape index (κ3) is 9.61. The van der Waals surface area contributed by atoms with Crippen LogP contribution in [-0.2, 0) is 19.6 Å². The minimum atomic E-state index is -4.73. The van der Waals surface area contributed by atoms with E-state index in [2.05, 4.69) is 0 Å². The summed E-state index contributed by atoms with van der Waals surface area (Å²) in [5.41, 5.74) is -0.379. The van der Waals surface area contributed by atoms with Crippen LogP contribution in [0, 0.1) is 11.8 Å². The minimum absolute atomic E-state index is 0. The molecule has 0 heterocycles. The van der Waals surface area contributed by atoms with Crippen LogP contribution in [0.3, 0.4) is 0 Å². The second kappa shape index (κ2) is 13.4. The van der Waals surface area contributed by atoms with Crippen LogP contribution in [0.25, 0.3) is 0 Å². The van der Waals surface area contributed by atoms with Crippen molar-refractivity contribution in [1.82, 2.24) is 0 Å². The third-order valence-corrected chi connectivity index (χ3v) is 5.69. The molecule has 0 aliphatic carbocycles. The van der Waals surface area contributed by atoms with Gasteiger partial charge in [-0.25, -0.2) is 9.59 Å². The monoisotopic (exact) mass is 438 g/mol. The Morgan fingerprint density at radius 2 is 1.48 bits per heavy atom. The van der Waals surface area contributed by atoms with E-state index in [4.69, 9.17) is 9.47 Å². The van der Waals surface area contributed by atoms with Gasteiger partial charge in [0.25, 0.3) is 10.1 Å². The van der Waals surface area contributed by atoms with Crippen LogP contribution >= 0.6 is 0 Å². The molecule has 9 heteroatoms. The van der Waals surface area contributed by atoms with E-state index in [-0.39, 0.29) is 55.3 Å². The first-order valence-corrected chi connectivity index (χ1v) is 11.0. The molecule has 0 radical (unpaired) electrons. The largest absolute Gasteiger partial charge is 1.00 e. The van der Waals surface area contributed by atoms with Crippen molar-refractivity contribution in [2.24, 2.45) is 11.8 Å². The van der Waals surface area contributed by atoms with Crippen molar-refractivity contribution in [3.63, 3.8) is 0 Å². The fourth-order valence-corrected chi connectivity index (χ4v) is 3.01. The van der Waals surface area contributed by atoms with E-state index in [9.17, 15) is 22.6 Å². The van der Waals surface area contributed by atoms with Gasteiger partial charge in [0, 0.05) is 0 Å². The number of hydrogen-bond donors (Lipinski definition) is 1. The summed E-state index contributed by atoms with van der Waals surface area (Å²) in [5.74, 6) is -0.826. The average Bonchev–Trinajstić information content (AvgIpc) is 2.66. The van der Waals surface area contributed by atoms with Gasteiger partial charge in [-0.3, -0.25) is 4.55 Å². The standard InChI is InChI=1S/C20H30O7S.Na.H/c1-5-14(3)9-11-26-19(21)16-7-8-17(18(13-16)28(23,24)25)20(22)27-12-10-15(4)6-2;;/h7-8,13-15H,5-6,9-12H2,1-4H3,(H,23,24,25);;/q;+1;-1. The summed E-state index contributed by atoms with van der Waals surface area (Å²) in [5, 5.41) is 0. The Labute approximate surface area is 197 Å². The molecule has 1 rings (SSSR count). The molecule has 1 aromatic rings. The van der Waals surface area contributed by atoms with Gasteiger partial charge >= 0.3 is 41.5 Å². The second-order valence-corrected chi connectivity index (χ2v) is 8.45. The quantitative estimate of drug-likeness (QED) is 0.315. The van der Waals surface area contributed by atoms with Crippen molar-refractivity contribution in [2.75, 3.05) is 13.2 Å². The van der Waals surface area contributed by atoms with Crippen molar-refractivity contribution >= 4 is 22.1 Å². The number of hydrogen-bond acceptors (Lipinski definition) is 6. The van der Waals surface area contributed by atoms with Gasteiger partial charge in [-0.2, -0.15) is 8.42 Å². The molecule has 0 spiro atoms. The zero-order valence-electron chi connectivity index (χ0n) is 18.9. The van der Waals surface area contributed by atoms with E-state index < -0.39 is 27.0 Å². The van der Waals surface area contributed by atoms with E-state index in [1.165, 1.54) is 6.07 Å². The molecular formula is C20H31NaO7S. The van der Waals surface area contributed by atoms with Gasteiger partial charge in [0.05, 0.1) is 24.3 Å². The normalized spacial score (nSPS) is 13.1. The number of ether oxygens (including phenoxy) is 2. The van der Waals surface area contributed by atoms with Gasteiger partial charge in [0.1, 0.15) is 4.90 Å². The summed E-state index contributed by atoms with van der Waals surface area (Å²) >= 11 is 0. The van der Waals surface area contributed by atoms with E-state index in [1.807, 2.05) is 27.7 Å². The number of carbonyl (C=O) groups is 2. The molecule has 0 saturated carbocycles. The molecule has 2 atom stereocenters. The Balaban J connectivity index is 0. The van der Waals surface area contributed by atoms with Gasteiger partial charge in [0.2, 0.25) is 0 Å². The molecule has 0 amide bonds. The van der Waals surface area contributed by atoms with Crippen molar-refractivity contribution in [2.45, 2.75) is 58.3 Å². The predicted molar refractivity (Wildman–Crippen MR) is 106 cm³/mol. The van der Waals surface area contributed by atoms with Crippen molar-refractivity contribution < 1.29 is 63.0 Å². The molecule has 2 unspecified atom stereocenters. The molecule has 0 aromatic heterocycles. The zero-order valence-corrected chi connectivity index (χ0v) is 20.8. The summed E-state index contributed by atoms with van der Waals surface area (Å²) in [6.07, 6.45) is 3.22. The third-order valence-electron chi connectivity index (χ3n) is 4.80. The number of benzene rings is 1. The van der Waals surface area contributed by atoms with Crippen molar-refractivity contribution in [3.8, 4) is 0 Å². The first kappa shape index (κ1) is 28.1. The maximum absolute atomic E-state index is 12.2. The number of esters is 2. The zero-order chi connectivity index (χ0) is 21.3. The van der Waals surface area contributed by atoms with Gasteiger partial charge in [-0.1, -0.05) is 40.5 Å². The molecule has 0 fully saturated rings. The van der Waals surface area contributed by atoms with Crippen LogP contribution in [0.4, 0.5) is 0 Å². The maximum Gasteiger partial charge on any atom is 1.00 e. The maximum atomic E-state index is 12.2. The van der Waals surface area contributed by atoms with Crippen LogP contribution in [0.2, 0.25) is 0 Å². The van der Waals surface area contributed by atoms with Crippen LogP contribution in [0.15, 0.2) is 23.1 Å². The van der Waals surface area contributed by atoms with Crippen molar-refractivity contribution in [3.05, 3.63) is 29.3 Å². The Morgan fingerprint density at radius 3 is 1.93 bits per heavy atom. The van der Waals surface area contributed by atoms with Gasteiger partial charge in [-0.05, 0) is 42.9 Å². The van der Waals surface area contributed by atoms with Gasteiger partial charge < -0.3 is 10.9 Å². The minimum Gasteiger partial charge on any atom is -1.00 e. The molecule has 0 aliphatic rings. The Hall–Kier alpha value is -0.930.